The minimum absolute atomic E-state index is 0.120. The van der Waals surface area contributed by atoms with Gasteiger partial charge in [-0.15, -0.1) is 0 Å². The number of aryl methyl sites for hydroxylation is 4. The third kappa shape index (κ3) is 4.23. The average molecular weight is 428 g/mol. The maximum Gasteiger partial charge on any atom is 0.264 e. The van der Waals surface area contributed by atoms with Crippen molar-refractivity contribution in [1.29, 1.82) is 0 Å². The number of carbonyl (C=O) groups excluding carboxylic acids is 1. The molecule has 2 aromatic carbocycles. The van der Waals surface area contributed by atoms with Gasteiger partial charge in [-0.05, 0) is 62.6 Å². The number of rotatable bonds is 5. The molecule has 0 aliphatic rings. The average Bonchev–Trinajstić information content (AvgIpc) is 3.24. The third-order valence-electron chi connectivity index (χ3n) is 5.47. The van der Waals surface area contributed by atoms with Crippen molar-refractivity contribution in [2.24, 2.45) is 0 Å². The van der Waals surface area contributed by atoms with Crippen molar-refractivity contribution in [3.63, 3.8) is 0 Å². The number of hydrogen-bond donors (Lipinski definition) is 1. The molecule has 0 spiro atoms. The van der Waals surface area contributed by atoms with E-state index in [1.807, 2.05) is 75.4 Å². The van der Waals surface area contributed by atoms with Crippen molar-refractivity contribution in [3.8, 4) is 22.8 Å². The lowest BCUT2D eigenvalue weighted by atomic mass is 10.1. The monoisotopic (exact) mass is 428 g/mol. The molecule has 0 unspecified atom stereocenters. The molecule has 0 saturated heterocycles. The van der Waals surface area contributed by atoms with Crippen LogP contribution in [0.3, 0.4) is 0 Å². The fourth-order valence-corrected chi connectivity index (χ4v) is 3.58. The van der Waals surface area contributed by atoms with Crippen molar-refractivity contribution in [2.75, 3.05) is 5.32 Å². The summed E-state index contributed by atoms with van der Waals surface area (Å²) < 4.78 is 6.83. The van der Waals surface area contributed by atoms with E-state index in [-0.39, 0.29) is 23.9 Å². The smallest absolute Gasteiger partial charge is 0.264 e. The van der Waals surface area contributed by atoms with E-state index in [1.165, 1.54) is 4.57 Å². The van der Waals surface area contributed by atoms with Crippen LogP contribution in [0.1, 0.15) is 22.4 Å². The summed E-state index contributed by atoms with van der Waals surface area (Å²) in [5.74, 6) is 0.248. The number of nitrogens with zero attached hydrogens (tertiary/aromatic N) is 3. The van der Waals surface area contributed by atoms with Crippen molar-refractivity contribution in [2.45, 2.75) is 34.2 Å². The SMILES string of the molecule is Cc1ccc(NC(=O)Cn2c(C)cc(C)c(-c3nc(-c4ccccc4)no3)c2=O)cc1C. The molecule has 1 N–H and O–H groups in total. The Kier molecular flexibility index (Phi) is 5.73. The van der Waals surface area contributed by atoms with Crippen molar-refractivity contribution < 1.29 is 9.32 Å². The second-order valence-electron chi connectivity index (χ2n) is 7.87. The molecule has 0 radical (unpaired) electrons. The van der Waals surface area contributed by atoms with Gasteiger partial charge < -0.3 is 14.4 Å². The zero-order chi connectivity index (χ0) is 22.8. The fraction of sp³-hybridized carbons (Fsp3) is 0.200. The van der Waals surface area contributed by atoms with Crippen LogP contribution in [0, 0.1) is 27.7 Å². The number of aromatic nitrogens is 3. The lowest BCUT2D eigenvalue weighted by Gasteiger charge is -2.13. The Balaban J connectivity index is 1.64. The van der Waals surface area contributed by atoms with Gasteiger partial charge in [0.2, 0.25) is 11.7 Å². The predicted molar refractivity (Wildman–Crippen MR) is 123 cm³/mol. The van der Waals surface area contributed by atoms with Gasteiger partial charge in [0.05, 0.1) is 0 Å². The summed E-state index contributed by atoms with van der Waals surface area (Å²) in [6.45, 7) is 7.49. The van der Waals surface area contributed by atoms with E-state index in [2.05, 4.69) is 15.5 Å². The van der Waals surface area contributed by atoms with Crippen LogP contribution in [0.2, 0.25) is 0 Å². The summed E-state index contributed by atoms with van der Waals surface area (Å²) in [7, 11) is 0. The molecule has 0 aliphatic carbocycles. The lowest BCUT2D eigenvalue weighted by Crippen LogP contribution is -2.30. The van der Waals surface area contributed by atoms with Gasteiger partial charge in [-0.2, -0.15) is 4.98 Å². The first kappa shape index (κ1) is 21.2. The molecule has 1 amide bonds. The van der Waals surface area contributed by atoms with Crippen molar-refractivity contribution in [1.82, 2.24) is 14.7 Å². The minimum Gasteiger partial charge on any atom is -0.333 e. The molecule has 4 aromatic rings. The van der Waals surface area contributed by atoms with Gasteiger partial charge in [0.15, 0.2) is 0 Å². The normalized spacial score (nSPS) is 10.9. The van der Waals surface area contributed by atoms with Crippen LogP contribution in [-0.4, -0.2) is 20.6 Å². The molecule has 7 nitrogen and oxygen atoms in total. The molecule has 7 heteroatoms. The van der Waals surface area contributed by atoms with Gasteiger partial charge in [0, 0.05) is 16.9 Å². The van der Waals surface area contributed by atoms with Gasteiger partial charge in [-0.25, -0.2) is 0 Å². The van der Waals surface area contributed by atoms with E-state index < -0.39 is 0 Å². The Morgan fingerprint density at radius 2 is 1.72 bits per heavy atom. The number of carbonyl (C=O) groups is 1. The Morgan fingerprint density at radius 1 is 0.969 bits per heavy atom. The third-order valence-corrected chi connectivity index (χ3v) is 5.47. The summed E-state index contributed by atoms with van der Waals surface area (Å²) in [5, 5.41) is 6.88. The Bertz CT molecular complexity index is 1350. The fourth-order valence-electron chi connectivity index (χ4n) is 3.58. The quantitative estimate of drug-likeness (QED) is 0.508. The first-order chi connectivity index (χ1) is 15.3. The highest BCUT2D eigenvalue weighted by Crippen LogP contribution is 2.23. The molecule has 0 atom stereocenters. The van der Waals surface area contributed by atoms with Gasteiger partial charge in [-0.3, -0.25) is 9.59 Å². The number of pyridine rings is 1. The van der Waals surface area contributed by atoms with Gasteiger partial charge in [0.1, 0.15) is 12.1 Å². The van der Waals surface area contributed by atoms with E-state index >= 15 is 0 Å². The molecule has 4 rings (SSSR count). The maximum absolute atomic E-state index is 13.3. The van der Waals surface area contributed by atoms with Crippen LogP contribution in [-0.2, 0) is 11.3 Å². The molecule has 0 saturated carbocycles. The summed E-state index contributed by atoms with van der Waals surface area (Å²) in [6.07, 6.45) is 0. The second kappa shape index (κ2) is 8.63. The number of benzene rings is 2. The van der Waals surface area contributed by atoms with Crippen molar-refractivity contribution >= 4 is 11.6 Å². The Morgan fingerprint density at radius 3 is 2.44 bits per heavy atom. The molecule has 32 heavy (non-hydrogen) atoms. The van der Waals surface area contributed by atoms with E-state index in [1.54, 1.807) is 6.92 Å². The summed E-state index contributed by atoms with van der Waals surface area (Å²) in [6, 6.07) is 16.9. The first-order valence-electron chi connectivity index (χ1n) is 10.3. The van der Waals surface area contributed by atoms with Crippen LogP contribution in [0.5, 0.6) is 0 Å². The van der Waals surface area contributed by atoms with E-state index in [0.717, 1.165) is 16.7 Å². The van der Waals surface area contributed by atoms with E-state index in [9.17, 15) is 9.59 Å². The van der Waals surface area contributed by atoms with Crippen LogP contribution < -0.4 is 10.9 Å². The van der Waals surface area contributed by atoms with Gasteiger partial charge >= 0.3 is 0 Å². The number of hydrogen-bond acceptors (Lipinski definition) is 5. The maximum atomic E-state index is 13.3. The highest BCUT2D eigenvalue weighted by atomic mass is 16.5. The Hall–Kier alpha value is -4.00. The first-order valence-corrected chi connectivity index (χ1v) is 10.3. The van der Waals surface area contributed by atoms with E-state index in [0.29, 0.717) is 28.3 Å². The van der Waals surface area contributed by atoms with Gasteiger partial charge in [-0.1, -0.05) is 41.6 Å². The predicted octanol–water partition coefficient (Wildman–Crippen LogP) is 4.44. The van der Waals surface area contributed by atoms with Crippen LogP contribution in [0.4, 0.5) is 5.69 Å². The largest absolute Gasteiger partial charge is 0.333 e. The standard InChI is InChI=1S/C25H24N4O3/c1-15-10-11-20(13-16(15)2)26-21(30)14-29-18(4)12-17(3)22(25(29)31)24-27-23(28-32-24)19-8-6-5-7-9-19/h5-13H,14H2,1-4H3,(H,26,30). The second-order valence-corrected chi connectivity index (χ2v) is 7.87. The molecule has 162 valence electrons. The molecule has 0 bridgehead atoms. The highest BCUT2D eigenvalue weighted by Gasteiger charge is 2.20. The summed E-state index contributed by atoms with van der Waals surface area (Å²) in [4.78, 5) is 30.4. The molecule has 0 fully saturated rings. The zero-order valence-corrected chi connectivity index (χ0v) is 18.5. The highest BCUT2D eigenvalue weighted by molar-refractivity contribution is 5.90. The summed E-state index contributed by atoms with van der Waals surface area (Å²) in [5.41, 5.74) is 5.05. The number of anilines is 1. The van der Waals surface area contributed by atoms with Crippen LogP contribution in [0.25, 0.3) is 22.8 Å². The van der Waals surface area contributed by atoms with Crippen LogP contribution >= 0.6 is 0 Å². The zero-order valence-electron chi connectivity index (χ0n) is 18.5. The van der Waals surface area contributed by atoms with Gasteiger partial charge in [0.25, 0.3) is 11.4 Å². The summed E-state index contributed by atoms with van der Waals surface area (Å²) >= 11 is 0. The molecule has 2 aromatic heterocycles. The number of amides is 1. The lowest BCUT2D eigenvalue weighted by molar-refractivity contribution is -0.116. The van der Waals surface area contributed by atoms with Crippen LogP contribution in [0.15, 0.2) is 63.9 Å². The topological polar surface area (TPSA) is 90.0 Å². The Labute approximate surface area is 185 Å². The molecule has 0 aliphatic heterocycles. The minimum atomic E-state index is -0.346. The number of nitrogens with one attached hydrogen (secondary N) is 1. The molecule has 2 heterocycles. The van der Waals surface area contributed by atoms with Crippen molar-refractivity contribution in [3.05, 3.63) is 87.3 Å². The molecular formula is C25H24N4O3. The molecular weight excluding hydrogens is 404 g/mol. The van der Waals surface area contributed by atoms with E-state index in [4.69, 9.17) is 4.52 Å².